The van der Waals surface area contributed by atoms with Gasteiger partial charge >= 0.3 is 5.97 Å². The molecule has 3 rings (SSSR count). The summed E-state index contributed by atoms with van der Waals surface area (Å²) in [6, 6.07) is 11.1. The molecule has 2 heterocycles. The quantitative estimate of drug-likeness (QED) is 0.899. The Bertz CT molecular complexity index is 843. The van der Waals surface area contributed by atoms with Crippen LogP contribution in [0, 0.1) is 5.92 Å². The van der Waals surface area contributed by atoms with E-state index in [0.29, 0.717) is 10.7 Å². The molecule has 0 bridgehead atoms. The highest BCUT2D eigenvalue weighted by atomic mass is 35.5. The largest absolute Gasteiger partial charge is 0.481 e. The maximum Gasteiger partial charge on any atom is 0.313 e. The first kappa shape index (κ1) is 16.4. The molecule has 5 heteroatoms. The van der Waals surface area contributed by atoms with Gasteiger partial charge in [-0.15, -0.1) is 0 Å². The number of carboxylic acid groups (broad SMARTS) is 1. The lowest BCUT2D eigenvalue weighted by molar-refractivity contribution is -0.139. The van der Waals surface area contributed by atoms with E-state index in [1.807, 2.05) is 37.3 Å². The van der Waals surface area contributed by atoms with Crippen LogP contribution in [0.3, 0.4) is 0 Å². The Labute approximate surface area is 145 Å². The second kappa shape index (κ2) is 6.57. The summed E-state index contributed by atoms with van der Waals surface area (Å²) in [4.78, 5) is 20.6. The van der Waals surface area contributed by atoms with E-state index in [4.69, 9.17) is 11.6 Å². The number of nitrogens with zero attached hydrogens (tertiary/aromatic N) is 2. The highest BCUT2D eigenvalue weighted by Crippen LogP contribution is 2.44. The summed E-state index contributed by atoms with van der Waals surface area (Å²) in [5, 5.41) is 10.4. The van der Waals surface area contributed by atoms with Crippen molar-refractivity contribution in [3.63, 3.8) is 0 Å². The molecule has 1 N–H and O–H groups in total. The predicted octanol–water partition coefficient (Wildman–Crippen LogP) is 4.43. The lowest BCUT2D eigenvalue weighted by atomic mass is 9.74. The number of allylic oxidation sites excluding steroid dienone is 2. The number of rotatable bonds is 3. The average Bonchev–Trinajstić information content (AvgIpc) is 2.54. The average molecular weight is 341 g/mol. The molecule has 0 amide bonds. The van der Waals surface area contributed by atoms with Crippen LogP contribution in [0.15, 0.2) is 59.5 Å². The van der Waals surface area contributed by atoms with E-state index in [2.05, 4.69) is 9.98 Å². The van der Waals surface area contributed by atoms with Gasteiger partial charge in [-0.05, 0) is 48.7 Å². The maximum atomic E-state index is 12.0. The standard InChI is InChI=1S/C19H17ClN2O2/c1-11-16(14-6-4-8-21-10-14)18(13-5-3-7-15(20)9-13)17(19(23)24)12(2)22-11/h3-10,17-18H,1-2H3,(H,23,24). The van der Waals surface area contributed by atoms with Crippen LogP contribution in [0.2, 0.25) is 5.02 Å². The van der Waals surface area contributed by atoms with Crippen molar-refractivity contribution >= 4 is 28.9 Å². The molecule has 4 nitrogen and oxygen atoms in total. The number of carboxylic acids is 1. The molecule has 0 aliphatic carbocycles. The maximum absolute atomic E-state index is 12.0. The normalized spacial score (nSPS) is 20.7. The molecule has 1 aliphatic rings. The molecule has 1 aromatic carbocycles. The van der Waals surface area contributed by atoms with Gasteiger partial charge in [0.2, 0.25) is 0 Å². The molecular formula is C19H17ClN2O2. The molecule has 0 spiro atoms. The number of pyridine rings is 1. The van der Waals surface area contributed by atoms with E-state index in [1.54, 1.807) is 25.4 Å². The number of hydrogen-bond donors (Lipinski definition) is 1. The zero-order valence-corrected chi connectivity index (χ0v) is 14.2. The lowest BCUT2D eigenvalue weighted by Gasteiger charge is -2.32. The summed E-state index contributed by atoms with van der Waals surface area (Å²) < 4.78 is 0. The molecule has 0 saturated heterocycles. The van der Waals surface area contributed by atoms with Crippen molar-refractivity contribution in [2.45, 2.75) is 19.8 Å². The van der Waals surface area contributed by atoms with Crippen molar-refractivity contribution in [2.24, 2.45) is 10.9 Å². The van der Waals surface area contributed by atoms with Gasteiger partial charge in [-0.3, -0.25) is 14.8 Å². The van der Waals surface area contributed by atoms with Crippen LogP contribution in [-0.2, 0) is 4.79 Å². The molecule has 122 valence electrons. The van der Waals surface area contributed by atoms with Crippen LogP contribution in [0.1, 0.15) is 30.9 Å². The van der Waals surface area contributed by atoms with E-state index in [0.717, 1.165) is 22.4 Å². The monoisotopic (exact) mass is 340 g/mol. The Morgan fingerprint density at radius 3 is 2.62 bits per heavy atom. The summed E-state index contributed by atoms with van der Waals surface area (Å²) in [6.07, 6.45) is 3.44. The fourth-order valence-electron chi connectivity index (χ4n) is 3.32. The minimum Gasteiger partial charge on any atom is -0.481 e. The minimum absolute atomic E-state index is 0.358. The molecule has 2 aromatic rings. The SMILES string of the molecule is CC1=NC(C)=C(c2cccnc2)C(c2cccc(Cl)c2)C1C(=O)O. The lowest BCUT2D eigenvalue weighted by Crippen LogP contribution is -2.32. The van der Waals surface area contributed by atoms with Gasteiger partial charge in [0.25, 0.3) is 0 Å². The molecule has 2 unspecified atom stereocenters. The second-order valence-electron chi connectivity index (χ2n) is 5.84. The summed E-state index contributed by atoms with van der Waals surface area (Å²) in [6.45, 7) is 3.67. The van der Waals surface area contributed by atoms with Crippen molar-refractivity contribution in [3.05, 3.63) is 70.6 Å². The third-order valence-electron chi connectivity index (χ3n) is 4.27. The van der Waals surface area contributed by atoms with Crippen molar-refractivity contribution in [1.29, 1.82) is 0 Å². The van der Waals surface area contributed by atoms with Gasteiger partial charge in [0, 0.05) is 34.7 Å². The van der Waals surface area contributed by atoms with E-state index in [9.17, 15) is 9.90 Å². The van der Waals surface area contributed by atoms with Crippen LogP contribution in [0.4, 0.5) is 0 Å². The number of aromatic nitrogens is 1. The van der Waals surface area contributed by atoms with E-state index >= 15 is 0 Å². The summed E-state index contributed by atoms with van der Waals surface area (Å²) in [7, 11) is 0. The van der Waals surface area contributed by atoms with Crippen molar-refractivity contribution < 1.29 is 9.90 Å². The fraction of sp³-hybridized carbons (Fsp3) is 0.211. The zero-order chi connectivity index (χ0) is 17.3. The Balaban J connectivity index is 2.25. The first-order valence-corrected chi connectivity index (χ1v) is 8.01. The summed E-state index contributed by atoms with van der Waals surface area (Å²) in [5.41, 5.74) is 4.02. The van der Waals surface area contributed by atoms with Gasteiger partial charge in [0.15, 0.2) is 0 Å². The number of aliphatic carboxylic acids is 1. The van der Waals surface area contributed by atoms with E-state index < -0.39 is 11.9 Å². The molecule has 0 radical (unpaired) electrons. The van der Waals surface area contributed by atoms with Crippen LogP contribution in [-0.4, -0.2) is 21.8 Å². The molecule has 2 atom stereocenters. The molecule has 0 fully saturated rings. The summed E-state index contributed by atoms with van der Waals surface area (Å²) >= 11 is 6.15. The van der Waals surface area contributed by atoms with Gasteiger partial charge in [-0.2, -0.15) is 0 Å². The first-order chi connectivity index (χ1) is 11.5. The third kappa shape index (κ3) is 2.97. The van der Waals surface area contributed by atoms with E-state index in [-0.39, 0.29) is 5.92 Å². The number of aliphatic imine (C=N–C) groups is 1. The highest BCUT2D eigenvalue weighted by molar-refractivity contribution is 6.30. The fourth-order valence-corrected chi connectivity index (χ4v) is 3.52. The van der Waals surface area contributed by atoms with Gasteiger partial charge in [0.1, 0.15) is 5.92 Å². The number of benzene rings is 1. The van der Waals surface area contributed by atoms with Crippen LogP contribution in [0.25, 0.3) is 5.57 Å². The number of halogens is 1. The Morgan fingerprint density at radius 1 is 1.21 bits per heavy atom. The predicted molar refractivity (Wildman–Crippen MR) is 95.3 cm³/mol. The Kier molecular flexibility index (Phi) is 4.49. The molecular weight excluding hydrogens is 324 g/mol. The molecule has 1 aliphatic heterocycles. The molecule has 0 saturated carbocycles. The van der Waals surface area contributed by atoms with Crippen LogP contribution in [0.5, 0.6) is 0 Å². The number of carbonyl (C=O) groups is 1. The van der Waals surface area contributed by atoms with Crippen molar-refractivity contribution in [1.82, 2.24) is 4.98 Å². The Hall–Kier alpha value is -2.46. The summed E-state index contributed by atoms with van der Waals surface area (Å²) in [5.74, 6) is -1.99. The minimum atomic E-state index is -0.893. The van der Waals surface area contributed by atoms with Gasteiger partial charge in [-0.25, -0.2) is 0 Å². The topological polar surface area (TPSA) is 62.5 Å². The Morgan fingerprint density at radius 2 is 2.00 bits per heavy atom. The second-order valence-corrected chi connectivity index (χ2v) is 6.28. The van der Waals surface area contributed by atoms with Gasteiger partial charge < -0.3 is 5.11 Å². The highest BCUT2D eigenvalue weighted by Gasteiger charge is 2.38. The van der Waals surface area contributed by atoms with Gasteiger partial charge in [0.05, 0.1) is 0 Å². The molecule has 24 heavy (non-hydrogen) atoms. The number of hydrogen-bond acceptors (Lipinski definition) is 3. The van der Waals surface area contributed by atoms with Crippen LogP contribution >= 0.6 is 11.6 Å². The van der Waals surface area contributed by atoms with Gasteiger partial charge in [-0.1, -0.05) is 29.8 Å². The molecule has 1 aromatic heterocycles. The smallest absolute Gasteiger partial charge is 0.313 e. The third-order valence-corrected chi connectivity index (χ3v) is 4.51. The van der Waals surface area contributed by atoms with Crippen molar-refractivity contribution in [3.8, 4) is 0 Å². The first-order valence-electron chi connectivity index (χ1n) is 7.63. The van der Waals surface area contributed by atoms with Crippen molar-refractivity contribution in [2.75, 3.05) is 0 Å². The van der Waals surface area contributed by atoms with Crippen LogP contribution < -0.4 is 0 Å². The zero-order valence-electron chi connectivity index (χ0n) is 13.4. The van der Waals surface area contributed by atoms with E-state index in [1.165, 1.54) is 0 Å².